The van der Waals surface area contributed by atoms with Gasteiger partial charge in [-0.15, -0.1) is 0 Å². The Bertz CT molecular complexity index is 697. The van der Waals surface area contributed by atoms with Crippen molar-refractivity contribution < 1.29 is 9.90 Å². The number of aliphatic hydroxyl groups excluding tert-OH is 1. The topological polar surface area (TPSA) is 58.4 Å². The molecule has 128 valence electrons. The van der Waals surface area contributed by atoms with Crippen molar-refractivity contribution in [2.24, 2.45) is 0 Å². The number of hydrogen-bond donors (Lipinski definition) is 1. The molecule has 24 heavy (non-hydrogen) atoms. The maximum absolute atomic E-state index is 12.8. The molecule has 0 saturated carbocycles. The van der Waals surface area contributed by atoms with Crippen molar-refractivity contribution in [3.63, 3.8) is 0 Å². The summed E-state index contributed by atoms with van der Waals surface area (Å²) in [5.41, 5.74) is 1.69. The molecule has 1 fully saturated rings. The molecule has 0 aliphatic carbocycles. The van der Waals surface area contributed by atoms with Gasteiger partial charge in [0, 0.05) is 36.2 Å². The number of benzene rings is 1. The fourth-order valence-electron chi connectivity index (χ4n) is 3.31. The normalized spacial score (nSPS) is 18.8. The number of carbonyl (C=O) groups excluding carboxylic acids is 1. The average Bonchev–Trinajstić information content (AvgIpc) is 3.22. The molecule has 2 aromatic rings. The average molecular weight is 345 g/mol. The Morgan fingerprint density at radius 1 is 1.42 bits per heavy atom. The highest BCUT2D eigenvalue weighted by Gasteiger charge is 2.30. The van der Waals surface area contributed by atoms with Crippen molar-refractivity contribution in [2.45, 2.75) is 43.5 Å². The Hall–Kier alpha value is -1.79. The molecule has 1 saturated heterocycles. The molecule has 1 amide bonds. The Kier molecular flexibility index (Phi) is 5.26. The highest BCUT2D eigenvalue weighted by Crippen LogP contribution is 2.24. The molecule has 1 aromatic carbocycles. The van der Waals surface area contributed by atoms with E-state index in [1.807, 2.05) is 46.2 Å². The van der Waals surface area contributed by atoms with Gasteiger partial charge in [-0.3, -0.25) is 9.36 Å². The van der Waals surface area contributed by atoms with Crippen LogP contribution < -0.4 is 0 Å². The first-order valence-corrected chi connectivity index (χ1v) is 9.49. The Morgan fingerprint density at radius 2 is 2.17 bits per heavy atom. The van der Waals surface area contributed by atoms with Gasteiger partial charge in [0.25, 0.3) is 5.91 Å². The molecular formula is C18H23N3O2S. The third-order valence-corrected chi connectivity index (χ3v) is 5.10. The van der Waals surface area contributed by atoms with Crippen LogP contribution >= 0.6 is 11.8 Å². The van der Waals surface area contributed by atoms with E-state index < -0.39 is 0 Å². The molecule has 1 aliphatic rings. The molecule has 0 spiro atoms. The third-order valence-electron chi connectivity index (χ3n) is 4.43. The number of hydrogen-bond acceptors (Lipinski definition) is 4. The van der Waals surface area contributed by atoms with Crippen LogP contribution in [0.2, 0.25) is 0 Å². The van der Waals surface area contributed by atoms with E-state index in [2.05, 4.69) is 4.98 Å². The van der Waals surface area contributed by atoms with Crippen molar-refractivity contribution >= 4 is 17.7 Å². The number of amides is 1. The van der Waals surface area contributed by atoms with Gasteiger partial charge in [-0.25, -0.2) is 4.98 Å². The van der Waals surface area contributed by atoms with E-state index in [0.717, 1.165) is 30.2 Å². The van der Waals surface area contributed by atoms with Crippen molar-refractivity contribution in [1.29, 1.82) is 0 Å². The SMILES string of the molecule is CSc1nccn1-c1ccc(C(=O)N2CCCC2CC(C)O)cc1. The van der Waals surface area contributed by atoms with Crippen molar-refractivity contribution in [1.82, 2.24) is 14.5 Å². The van der Waals surface area contributed by atoms with Crippen LogP contribution in [0.5, 0.6) is 0 Å². The Labute approximate surface area is 146 Å². The zero-order chi connectivity index (χ0) is 17.1. The van der Waals surface area contributed by atoms with E-state index in [0.29, 0.717) is 12.0 Å². The second kappa shape index (κ2) is 7.40. The fourth-order valence-corrected chi connectivity index (χ4v) is 3.84. The van der Waals surface area contributed by atoms with Crippen LogP contribution in [-0.4, -0.2) is 50.4 Å². The molecule has 2 heterocycles. The smallest absolute Gasteiger partial charge is 0.254 e. The number of likely N-dealkylation sites (tertiary alicyclic amines) is 1. The monoisotopic (exact) mass is 345 g/mol. The minimum absolute atomic E-state index is 0.0559. The van der Waals surface area contributed by atoms with Gasteiger partial charge in [0.15, 0.2) is 5.16 Å². The predicted molar refractivity (Wildman–Crippen MR) is 95.7 cm³/mol. The number of aliphatic hydroxyl groups is 1. The molecule has 6 heteroatoms. The highest BCUT2D eigenvalue weighted by molar-refractivity contribution is 7.98. The van der Waals surface area contributed by atoms with Crippen LogP contribution in [0.1, 0.15) is 36.5 Å². The van der Waals surface area contributed by atoms with E-state index in [1.54, 1.807) is 24.9 Å². The summed E-state index contributed by atoms with van der Waals surface area (Å²) >= 11 is 1.59. The summed E-state index contributed by atoms with van der Waals surface area (Å²) in [6, 6.07) is 7.80. The van der Waals surface area contributed by atoms with E-state index in [1.165, 1.54) is 0 Å². The van der Waals surface area contributed by atoms with Crippen LogP contribution in [0.3, 0.4) is 0 Å². The maximum atomic E-state index is 12.8. The van der Waals surface area contributed by atoms with Gasteiger partial charge in [0.2, 0.25) is 0 Å². The van der Waals surface area contributed by atoms with E-state index >= 15 is 0 Å². The van der Waals surface area contributed by atoms with E-state index in [4.69, 9.17) is 0 Å². The number of thioether (sulfide) groups is 1. The summed E-state index contributed by atoms with van der Waals surface area (Å²) in [5.74, 6) is 0.0559. The first-order valence-electron chi connectivity index (χ1n) is 8.27. The summed E-state index contributed by atoms with van der Waals surface area (Å²) in [6.07, 6.45) is 7.94. The largest absolute Gasteiger partial charge is 0.393 e. The Balaban J connectivity index is 1.77. The standard InChI is InChI=1S/C18H23N3O2S/c1-13(22)12-16-4-3-10-20(16)17(23)14-5-7-15(8-6-14)21-11-9-19-18(21)24-2/h5-9,11,13,16,22H,3-4,10,12H2,1-2H3. The summed E-state index contributed by atoms with van der Waals surface area (Å²) in [7, 11) is 0. The molecular weight excluding hydrogens is 322 g/mol. The van der Waals surface area contributed by atoms with Crippen molar-refractivity contribution in [3.05, 3.63) is 42.2 Å². The summed E-state index contributed by atoms with van der Waals surface area (Å²) in [5, 5.41) is 10.5. The lowest BCUT2D eigenvalue weighted by atomic mass is 10.1. The Morgan fingerprint density at radius 3 is 2.83 bits per heavy atom. The zero-order valence-corrected chi connectivity index (χ0v) is 14.9. The first kappa shape index (κ1) is 17.0. The molecule has 1 aliphatic heterocycles. The molecule has 2 unspecified atom stereocenters. The number of nitrogens with zero attached hydrogens (tertiary/aromatic N) is 3. The molecule has 1 N–H and O–H groups in total. The van der Waals surface area contributed by atoms with Crippen molar-refractivity contribution in [2.75, 3.05) is 12.8 Å². The van der Waals surface area contributed by atoms with Gasteiger partial charge < -0.3 is 10.0 Å². The van der Waals surface area contributed by atoms with Gasteiger partial charge >= 0.3 is 0 Å². The minimum Gasteiger partial charge on any atom is -0.393 e. The van der Waals surface area contributed by atoms with Crippen LogP contribution in [0.4, 0.5) is 0 Å². The molecule has 0 radical (unpaired) electrons. The number of carbonyl (C=O) groups is 1. The number of rotatable bonds is 5. The highest BCUT2D eigenvalue weighted by atomic mass is 32.2. The van der Waals surface area contributed by atoms with Gasteiger partial charge in [0.1, 0.15) is 0 Å². The lowest BCUT2D eigenvalue weighted by Crippen LogP contribution is -2.37. The number of aromatic nitrogens is 2. The lowest BCUT2D eigenvalue weighted by molar-refractivity contribution is 0.0682. The molecule has 3 rings (SSSR count). The lowest BCUT2D eigenvalue weighted by Gasteiger charge is -2.26. The summed E-state index contributed by atoms with van der Waals surface area (Å²) in [4.78, 5) is 19.0. The third kappa shape index (κ3) is 3.49. The molecule has 2 atom stereocenters. The van der Waals surface area contributed by atoms with Crippen LogP contribution in [0.25, 0.3) is 5.69 Å². The summed E-state index contributed by atoms with van der Waals surface area (Å²) in [6.45, 7) is 2.56. The van der Waals surface area contributed by atoms with Gasteiger partial charge in [-0.2, -0.15) is 0 Å². The van der Waals surface area contributed by atoms with E-state index in [-0.39, 0.29) is 18.1 Å². The van der Waals surface area contributed by atoms with Crippen LogP contribution in [0, 0.1) is 0 Å². The van der Waals surface area contributed by atoms with Crippen molar-refractivity contribution in [3.8, 4) is 5.69 Å². The van der Waals surface area contributed by atoms with Gasteiger partial charge in [-0.1, -0.05) is 11.8 Å². The van der Waals surface area contributed by atoms with Crippen LogP contribution in [-0.2, 0) is 0 Å². The fraction of sp³-hybridized carbons (Fsp3) is 0.444. The molecule has 0 bridgehead atoms. The number of imidazole rings is 1. The second-order valence-corrected chi connectivity index (χ2v) is 6.98. The van der Waals surface area contributed by atoms with Crippen LogP contribution in [0.15, 0.2) is 41.8 Å². The zero-order valence-electron chi connectivity index (χ0n) is 14.1. The predicted octanol–water partition coefficient (Wildman–Crippen LogP) is 2.97. The van der Waals surface area contributed by atoms with Gasteiger partial charge in [-0.05, 0) is 56.7 Å². The second-order valence-electron chi connectivity index (χ2n) is 6.21. The van der Waals surface area contributed by atoms with E-state index in [9.17, 15) is 9.90 Å². The first-order chi connectivity index (χ1) is 11.6. The van der Waals surface area contributed by atoms with Gasteiger partial charge in [0.05, 0.1) is 6.10 Å². The summed E-state index contributed by atoms with van der Waals surface area (Å²) < 4.78 is 2.00. The quantitative estimate of drug-likeness (QED) is 0.847. The maximum Gasteiger partial charge on any atom is 0.254 e. The molecule has 1 aromatic heterocycles. The molecule has 5 nitrogen and oxygen atoms in total. The minimum atomic E-state index is -0.378.